The number of aromatic nitrogens is 3. The zero-order chi connectivity index (χ0) is 10.9. The van der Waals surface area contributed by atoms with Gasteiger partial charge in [0.1, 0.15) is 0 Å². The van der Waals surface area contributed by atoms with Crippen LogP contribution in [0, 0.1) is 5.41 Å². The predicted molar refractivity (Wildman–Crippen MR) is 59.5 cm³/mol. The van der Waals surface area contributed by atoms with Crippen LogP contribution in [0.25, 0.3) is 5.65 Å². The van der Waals surface area contributed by atoms with Gasteiger partial charge in [-0.1, -0.05) is 13.8 Å². The van der Waals surface area contributed by atoms with Gasteiger partial charge in [-0.2, -0.15) is 5.10 Å². The molecule has 4 heteroatoms. The van der Waals surface area contributed by atoms with E-state index in [0.29, 0.717) is 6.54 Å². The summed E-state index contributed by atoms with van der Waals surface area (Å²) in [7, 11) is 0. The van der Waals surface area contributed by atoms with Crippen molar-refractivity contribution in [2.24, 2.45) is 11.1 Å². The molecule has 0 fully saturated rings. The number of rotatable bonds is 3. The summed E-state index contributed by atoms with van der Waals surface area (Å²) in [5.74, 6) is 0. The van der Waals surface area contributed by atoms with E-state index in [1.165, 1.54) is 5.56 Å². The molecule has 2 heterocycles. The smallest absolute Gasteiger partial charge is 0.154 e. The summed E-state index contributed by atoms with van der Waals surface area (Å²) in [5, 5.41) is 4.16. The van der Waals surface area contributed by atoms with E-state index >= 15 is 0 Å². The fourth-order valence-corrected chi connectivity index (χ4v) is 1.56. The minimum Gasteiger partial charge on any atom is -0.330 e. The molecule has 2 aromatic rings. The van der Waals surface area contributed by atoms with Crippen LogP contribution in [0.1, 0.15) is 19.4 Å². The first-order valence-electron chi connectivity index (χ1n) is 5.09. The van der Waals surface area contributed by atoms with Gasteiger partial charge < -0.3 is 5.73 Å². The standard InChI is InChI=1S/C11H16N4/c1-11(2,8-12)5-9-6-13-10-3-4-14-15(10)7-9/h3-4,6-7H,5,8,12H2,1-2H3. The summed E-state index contributed by atoms with van der Waals surface area (Å²) in [6.45, 7) is 4.98. The molecule has 0 aliphatic carbocycles. The lowest BCUT2D eigenvalue weighted by molar-refractivity contribution is 0.375. The Morgan fingerprint density at radius 1 is 1.47 bits per heavy atom. The molecule has 0 bridgehead atoms. The summed E-state index contributed by atoms with van der Waals surface area (Å²) in [6, 6.07) is 1.89. The highest BCUT2D eigenvalue weighted by atomic mass is 15.2. The van der Waals surface area contributed by atoms with Gasteiger partial charge in [-0.15, -0.1) is 0 Å². The monoisotopic (exact) mass is 204 g/mol. The Bertz CT molecular complexity index is 458. The van der Waals surface area contributed by atoms with Gasteiger partial charge in [0, 0.05) is 18.5 Å². The van der Waals surface area contributed by atoms with Crippen molar-refractivity contribution in [2.75, 3.05) is 6.54 Å². The quantitative estimate of drug-likeness (QED) is 0.818. The average Bonchev–Trinajstić information content (AvgIpc) is 2.64. The van der Waals surface area contributed by atoms with Crippen LogP contribution in [-0.2, 0) is 6.42 Å². The second-order valence-electron chi connectivity index (χ2n) is 4.64. The third-order valence-corrected chi connectivity index (χ3v) is 2.54. The molecule has 2 rings (SSSR count). The average molecular weight is 204 g/mol. The van der Waals surface area contributed by atoms with Crippen molar-refractivity contribution in [1.29, 1.82) is 0 Å². The van der Waals surface area contributed by atoms with Gasteiger partial charge in [-0.05, 0) is 23.9 Å². The molecule has 4 nitrogen and oxygen atoms in total. The molecule has 0 aliphatic rings. The zero-order valence-electron chi connectivity index (χ0n) is 9.14. The molecule has 15 heavy (non-hydrogen) atoms. The molecule has 0 unspecified atom stereocenters. The fourth-order valence-electron chi connectivity index (χ4n) is 1.56. The first-order valence-corrected chi connectivity index (χ1v) is 5.09. The van der Waals surface area contributed by atoms with Gasteiger partial charge in [-0.25, -0.2) is 9.50 Å². The maximum atomic E-state index is 5.70. The topological polar surface area (TPSA) is 56.2 Å². The number of nitrogens with zero attached hydrogens (tertiary/aromatic N) is 3. The van der Waals surface area contributed by atoms with Gasteiger partial charge in [0.05, 0.1) is 6.20 Å². The minimum absolute atomic E-state index is 0.114. The molecule has 2 aromatic heterocycles. The Morgan fingerprint density at radius 2 is 2.27 bits per heavy atom. The summed E-state index contributed by atoms with van der Waals surface area (Å²) >= 11 is 0. The van der Waals surface area contributed by atoms with Crippen LogP contribution in [0.3, 0.4) is 0 Å². The van der Waals surface area contributed by atoms with Crippen LogP contribution in [-0.4, -0.2) is 21.1 Å². The Morgan fingerprint density at radius 3 is 3.00 bits per heavy atom. The Balaban J connectivity index is 2.28. The van der Waals surface area contributed by atoms with Crippen molar-refractivity contribution in [1.82, 2.24) is 14.6 Å². The number of fused-ring (bicyclic) bond motifs is 1. The molecule has 0 atom stereocenters. The van der Waals surface area contributed by atoms with Crippen molar-refractivity contribution >= 4 is 5.65 Å². The molecular formula is C11H16N4. The summed E-state index contributed by atoms with van der Waals surface area (Å²) in [4.78, 5) is 4.32. The highest BCUT2D eigenvalue weighted by Crippen LogP contribution is 2.19. The second kappa shape index (κ2) is 3.62. The fraction of sp³-hybridized carbons (Fsp3) is 0.455. The molecule has 2 N–H and O–H groups in total. The molecule has 0 spiro atoms. The normalized spacial score (nSPS) is 12.2. The first-order chi connectivity index (χ1) is 7.11. The SMILES string of the molecule is CC(C)(CN)Cc1cnc2ccnn2c1. The van der Waals surface area contributed by atoms with Crippen molar-refractivity contribution in [3.8, 4) is 0 Å². The van der Waals surface area contributed by atoms with Crippen LogP contribution in [0.5, 0.6) is 0 Å². The van der Waals surface area contributed by atoms with Gasteiger partial charge in [0.2, 0.25) is 0 Å². The zero-order valence-corrected chi connectivity index (χ0v) is 9.14. The van der Waals surface area contributed by atoms with Crippen molar-refractivity contribution in [3.05, 3.63) is 30.2 Å². The van der Waals surface area contributed by atoms with Crippen LogP contribution < -0.4 is 5.73 Å². The lowest BCUT2D eigenvalue weighted by Gasteiger charge is -2.21. The van der Waals surface area contributed by atoms with E-state index < -0.39 is 0 Å². The lowest BCUT2D eigenvalue weighted by Crippen LogP contribution is -2.26. The van der Waals surface area contributed by atoms with E-state index in [1.807, 2.05) is 18.5 Å². The van der Waals surface area contributed by atoms with Crippen molar-refractivity contribution < 1.29 is 0 Å². The number of hydrogen-bond acceptors (Lipinski definition) is 3. The van der Waals surface area contributed by atoms with E-state index in [2.05, 4.69) is 23.9 Å². The van der Waals surface area contributed by atoms with Gasteiger partial charge >= 0.3 is 0 Å². The van der Waals surface area contributed by atoms with Crippen molar-refractivity contribution in [2.45, 2.75) is 20.3 Å². The molecule has 0 radical (unpaired) electrons. The summed E-state index contributed by atoms with van der Waals surface area (Å²) in [5.41, 5.74) is 7.86. The van der Waals surface area contributed by atoms with E-state index in [9.17, 15) is 0 Å². The highest BCUT2D eigenvalue weighted by Gasteiger charge is 2.16. The third kappa shape index (κ3) is 2.15. The summed E-state index contributed by atoms with van der Waals surface area (Å²) in [6.07, 6.45) is 6.58. The van der Waals surface area contributed by atoms with E-state index in [1.54, 1.807) is 10.7 Å². The molecule has 80 valence electrons. The molecule has 0 amide bonds. The largest absolute Gasteiger partial charge is 0.330 e. The van der Waals surface area contributed by atoms with Crippen LogP contribution >= 0.6 is 0 Å². The van der Waals surface area contributed by atoms with Crippen molar-refractivity contribution in [3.63, 3.8) is 0 Å². The van der Waals surface area contributed by atoms with Crippen LogP contribution in [0.15, 0.2) is 24.7 Å². The highest BCUT2D eigenvalue weighted by molar-refractivity contribution is 5.35. The van der Waals surface area contributed by atoms with E-state index in [-0.39, 0.29) is 5.41 Å². The minimum atomic E-state index is 0.114. The summed E-state index contributed by atoms with van der Waals surface area (Å²) < 4.78 is 1.79. The van der Waals surface area contributed by atoms with Gasteiger partial charge in [0.15, 0.2) is 5.65 Å². The second-order valence-corrected chi connectivity index (χ2v) is 4.64. The molecule has 0 aromatic carbocycles. The first kappa shape index (κ1) is 10.1. The van der Waals surface area contributed by atoms with E-state index in [4.69, 9.17) is 5.73 Å². The Kier molecular flexibility index (Phi) is 2.44. The van der Waals surface area contributed by atoms with Gasteiger partial charge in [-0.3, -0.25) is 0 Å². The number of nitrogens with two attached hydrogens (primary N) is 1. The third-order valence-electron chi connectivity index (χ3n) is 2.54. The van der Waals surface area contributed by atoms with Crippen LogP contribution in [0.2, 0.25) is 0 Å². The predicted octanol–water partition coefficient (Wildman–Crippen LogP) is 1.26. The van der Waals surface area contributed by atoms with E-state index in [0.717, 1.165) is 12.1 Å². The molecule has 0 aliphatic heterocycles. The molecule has 0 saturated heterocycles. The molecular weight excluding hydrogens is 188 g/mol. The number of hydrogen-bond donors (Lipinski definition) is 1. The van der Waals surface area contributed by atoms with Gasteiger partial charge in [0.25, 0.3) is 0 Å². The lowest BCUT2D eigenvalue weighted by atomic mass is 9.87. The van der Waals surface area contributed by atoms with Crippen LogP contribution in [0.4, 0.5) is 0 Å². The maximum Gasteiger partial charge on any atom is 0.154 e. The Hall–Kier alpha value is -1.42. The Labute approximate surface area is 89.1 Å². The maximum absolute atomic E-state index is 5.70. The molecule has 0 saturated carbocycles.